The van der Waals surface area contributed by atoms with E-state index in [-0.39, 0.29) is 0 Å². The lowest BCUT2D eigenvalue weighted by Gasteiger charge is -2.12. The first-order valence-corrected chi connectivity index (χ1v) is 15.5. The summed E-state index contributed by atoms with van der Waals surface area (Å²) in [7, 11) is 0.452. The molecule has 0 atom stereocenters. The Morgan fingerprint density at radius 1 is 0.828 bits per heavy atom. The molecule has 2 heterocycles. The molecular formula is C25H30OS2Si. The first-order valence-electron chi connectivity index (χ1n) is 10.4. The van der Waals surface area contributed by atoms with Gasteiger partial charge >= 0.3 is 0 Å². The Balaban J connectivity index is 1.75. The van der Waals surface area contributed by atoms with Gasteiger partial charge in [0.1, 0.15) is 5.75 Å². The molecule has 0 unspecified atom stereocenters. The smallest absolute Gasteiger partial charge is 0.118 e. The maximum absolute atomic E-state index is 5.32. The number of methoxy groups -OCH3 is 1. The van der Waals surface area contributed by atoms with Crippen molar-refractivity contribution in [1.29, 1.82) is 0 Å². The highest BCUT2D eigenvalue weighted by Crippen LogP contribution is 2.45. The monoisotopic (exact) mass is 438 g/mol. The lowest BCUT2D eigenvalue weighted by atomic mass is 9.97. The van der Waals surface area contributed by atoms with Gasteiger partial charge in [0.25, 0.3) is 0 Å². The van der Waals surface area contributed by atoms with Gasteiger partial charge in [-0.25, -0.2) is 0 Å². The Kier molecular flexibility index (Phi) is 5.62. The summed E-state index contributed by atoms with van der Waals surface area (Å²) in [5, 5.41) is 0. The average molecular weight is 439 g/mol. The lowest BCUT2D eigenvalue weighted by molar-refractivity contribution is 0.415. The van der Waals surface area contributed by atoms with Crippen molar-refractivity contribution in [2.24, 2.45) is 0 Å². The minimum Gasteiger partial charge on any atom is -0.497 e. The van der Waals surface area contributed by atoms with E-state index in [4.69, 9.17) is 4.74 Å². The van der Waals surface area contributed by atoms with E-state index >= 15 is 0 Å². The second-order valence-corrected chi connectivity index (χ2v) is 16.9. The highest BCUT2D eigenvalue weighted by Gasteiger charge is 2.26. The van der Waals surface area contributed by atoms with Gasteiger partial charge in [-0.2, -0.15) is 0 Å². The molecule has 0 bridgehead atoms. The molecule has 0 saturated carbocycles. The normalized spacial score (nSPS) is 14.7. The van der Waals surface area contributed by atoms with E-state index in [1.54, 1.807) is 22.8 Å². The Morgan fingerprint density at radius 2 is 1.41 bits per heavy atom. The molecule has 2 aromatic heterocycles. The van der Waals surface area contributed by atoms with Crippen LogP contribution in [-0.4, -0.2) is 15.2 Å². The first kappa shape index (κ1) is 20.6. The molecule has 1 aliphatic rings. The molecule has 4 rings (SSSR count). The molecule has 152 valence electrons. The Hall–Kier alpha value is -1.62. The number of ether oxygens (including phenoxy) is 1. The predicted molar refractivity (Wildman–Crippen MR) is 134 cm³/mol. The molecule has 4 heteroatoms. The van der Waals surface area contributed by atoms with Crippen molar-refractivity contribution in [2.45, 2.75) is 52.8 Å². The van der Waals surface area contributed by atoms with E-state index in [1.165, 1.54) is 50.6 Å². The highest BCUT2D eigenvalue weighted by atomic mass is 32.1. The van der Waals surface area contributed by atoms with Crippen LogP contribution in [0.3, 0.4) is 0 Å². The molecule has 29 heavy (non-hydrogen) atoms. The molecule has 0 N–H and O–H groups in total. The number of hydrogen-bond donors (Lipinski definition) is 0. The zero-order valence-electron chi connectivity index (χ0n) is 18.3. The maximum atomic E-state index is 5.32. The zero-order chi connectivity index (χ0) is 20.8. The van der Waals surface area contributed by atoms with Gasteiger partial charge in [0, 0.05) is 14.6 Å². The van der Waals surface area contributed by atoms with Crippen LogP contribution in [0.5, 0.6) is 5.75 Å². The fourth-order valence-electron chi connectivity index (χ4n) is 4.17. The van der Waals surface area contributed by atoms with E-state index in [9.17, 15) is 0 Å². The van der Waals surface area contributed by atoms with Crippen LogP contribution in [0.1, 0.15) is 40.1 Å². The molecule has 0 fully saturated rings. The van der Waals surface area contributed by atoms with E-state index in [1.807, 2.05) is 22.7 Å². The Bertz CT molecular complexity index is 1060. The summed E-state index contributed by atoms with van der Waals surface area (Å²) in [6.45, 7) is 12.0. The Morgan fingerprint density at radius 3 is 1.97 bits per heavy atom. The molecule has 0 aliphatic heterocycles. The zero-order valence-corrected chi connectivity index (χ0v) is 20.9. The van der Waals surface area contributed by atoms with Crippen LogP contribution >= 0.6 is 22.7 Å². The van der Waals surface area contributed by atoms with Crippen molar-refractivity contribution in [3.63, 3.8) is 0 Å². The molecule has 1 nitrogen and oxygen atoms in total. The largest absolute Gasteiger partial charge is 0.497 e. The third kappa shape index (κ3) is 4.03. The quantitative estimate of drug-likeness (QED) is 0.370. The summed E-state index contributed by atoms with van der Waals surface area (Å²) in [6.07, 6.45) is 3.69. The topological polar surface area (TPSA) is 9.23 Å². The third-order valence-electron chi connectivity index (χ3n) is 5.82. The van der Waals surface area contributed by atoms with Crippen molar-refractivity contribution >= 4 is 46.4 Å². The van der Waals surface area contributed by atoms with Gasteiger partial charge in [0.15, 0.2) is 0 Å². The van der Waals surface area contributed by atoms with E-state index in [2.05, 4.69) is 69.9 Å². The molecule has 0 saturated heterocycles. The van der Waals surface area contributed by atoms with Crippen LogP contribution in [0, 0.1) is 13.8 Å². The number of benzene rings is 1. The average Bonchev–Trinajstić information content (AvgIpc) is 3.39. The summed E-state index contributed by atoms with van der Waals surface area (Å²) in [4.78, 5) is 4.28. The van der Waals surface area contributed by atoms with Crippen LogP contribution in [0.25, 0.3) is 21.6 Å². The molecule has 0 spiro atoms. The van der Waals surface area contributed by atoms with Crippen LogP contribution in [0.4, 0.5) is 0 Å². The van der Waals surface area contributed by atoms with Crippen LogP contribution in [0.15, 0.2) is 36.4 Å². The van der Waals surface area contributed by atoms with Crippen molar-refractivity contribution in [2.75, 3.05) is 7.11 Å². The van der Waals surface area contributed by atoms with Crippen LogP contribution < -0.4 is 9.24 Å². The van der Waals surface area contributed by atoms with Crippen molar-refractivity contribution < 1.29 is 4.74 Å². The Labute approximate surface area is 184 Å². The lowest BCUT2D eigenvalue weighted by Crippen LogP contribution is -2.34. The van der Waals surface area contributed by atoms with Gasteiger partial charge in [0.05, 0.1) is 15.2 Å². The number of allylic oxidation sites excluding steroid dienone is 2. The summed E-state index contributed by atoms with van der Waals surface area (Å²) < 4.78 is 6.94. The van der Waals surface area contributed by atoms with Crippen LogP contribution in [-0.2, 0) is 0 Å². The standard InChI is InChI=1S/C25H30OS2Si/c1-16-22(14-24(27-16)18-10-12-19(26-3)13-11-18)20-8-7-9-21(20)23-15-25(28-17(23)2)29(4,5)6/h10-15H,7-9H2,1-6H3. The van der Waals surface area contributed by atoms with Crippen molar-refractivity contribution in [3.8, 4) is 16.2 Å². The minimum absolute atomic E-state index is 0.911. The van der Waals surface area contributed by atoms with Gasteiger partial charge in [-0.05, 0) is 102 Å². The molecule has 1 aromatic carbocycles. The third-order valence-corrected chi connectivity index (χ3v) is 11.5. The summed E-state index contributed by atoms with van der Waals surface area (Å²) >= 11 is 3.95. The van der Waals surface area contributed by atoms with E-state index < -0.39 is 8.07 Å². The second-order valence-electron chi connectivity index (χ2n) is 8.95. The highest BCUT2D eigenvalue weighted by molar-refractivity contribution is 7.26. The van der Waals surface area contributed by atoms with Crippen molar-refractivity contribution in [1.82, 2.24) is 0 Å². The molecule has 0 amide bonds. The number of aryl methyl sites for hydroxylation is 2. The molecule has 0 radical (unpaired) electrons. The van der Waals surface area contributed by atoms with E-state index in [0.29, 0.717) is 0 Å². The summed E-state index contributed by atoms with van der Waals surface area (Å²) in [5.41, 5.74) is 7.45. The van der Waals surface area contributed by atoms with Crippen LogP contribution in [0.2, 0.25) is 19.6 Å². The number of thiophene rings is 2. The van der Waals surface area contributed by atoms with Gasteiger partial charge in [-0.3, -0.25) is 0 Å². The second kappa shape index (κ2) is 7.90. The molecular weight excluding hydrogens is 408 g/mol. The minimum atomic E-state index is -1.27. The van der Waals surface area contributed by atoms with Gasteiger partial charge in [0.2, 0.25) is 0 Å². The van der Waals surface area contributed by atoms with Gasteiger partial charge < -0.3 is 4.74 Å². The number of hydrogen-bond acceptors (Lipinski definition) is 3. The first-order chi connectivity index (χ1) is 13.8. The molecule has 3 aromatic rings. The summed E-state index contributed by atoms with van der Waals surface area (Å²) in [6, 6.07) is 13.4. The SMILES string of the molecule is COc1ccc(-c2cc(C3=C(c4cc([Si](C)(C)C)sc4C)CCC3)c(C)s2)cc1. The predicted octanol–water partition coefficient (Wildman–Crippen LogP) is 7.74. The fourth-order valence-corrected chi connectivity index (χ4v) is 8.28. The van der Waals surface area contributed by atoms with Gasteiger partial charge in [-0.15, -0.1) is 22.7 Å². The molecule has 1 aliphatic carbocycles. The fraction of sp³-hybridized carbons (Fsp3) is 0.360. The number of rotatable bonds is 5. The summed E-state index contributed by atoms with van der Waals surface area (Å²) in [5.74, 6) is 0.911. The van der Waals surface area contributed by atoms with E-state index in [0.717, 1.165) is 5.75 Å². The van der Waals surface area contributed by atoms with Gasteiger partial charge in [-0.1, -0.05) is 19.6 Å². The van der Waals surface area contributed by atoms with Crippen molar-refractivity contribution in [3.05, 3.63) is 57.3 Å². The maximum Gasteiger partial charge on any atom is 0.118 e.